The van der Waals surface area contributed by atoms with Gasteiger partial charge in [-0.1, -0.05) is 31.4 Å². The van der Waals surface area contributed by atoms with E-state index in [1.165, 1.54) is 41.5 Å². The van der Waals surface area contributed by atoms with Crippen molar-refractivity contribution in [2.75, 3.05) is 19.7 Å². The zero-order chi connectivity index (χ0) is 24.6. The summed E-state index contributed by atoms with van der Waals surface area (Å²) in [7, 11) is 0. The normalized spacial score (nSPS) is 19.2. The van der Waals surface area contributed by atoms with Gasteiger partial charge in [0.1, 0.15) is 11.9 Å². The second-order valence-electron chi connectivity index (χ2n) is 9.14. The summed E-state index contributed by atoms with van der Waals surface area (Å²) in [6, 6.07) is 7.76. The predicted octanol–water partition coefficient (Wildman–Crippen LogP) is 3.35. The Bertz CT molecular complexity index is 983. The second kappa shape index (κ2) is 12.0. The molecule has 35 heavy (non-hydrogen) atoms. The Morgan fingerprint density at radius 3 is 2.46 bits per heavy atom. The Morgan fingerprint density at radius 2 is 1.80 bits per heavy atom. The number of amides is 3. The third-order valence-corrected chi connectivity index (χ3v) is 6.59. The van der Waals surface area contributed by atoms with Crippen molar-refractivity contribution in [3.8, 4) is 0 Å². The molecule has 2 heterocycles. The SMILES string of the molecule is O=C(NCC(=O)N(C[C@H]1CCCO1)[C@H](C(=O)NC1CCCCC1)c1ccc(F)cc1)c1ccco1. The minimum atomic E-state index is -0.977. The highest BCUT2D eigenvalue weighted by Gasteiger charge is 2.35. The summed E-state index contributed by atoms with van der Waals surface area (Å²) >= 11 is 0. The van der Waals surface area contributed by atoms with E-state index in [-0.39, 0.29) is 36.9 Å². The predicted molar refractivity (Wildman–Crippen MR) is 126 cm³/mol. The van der Waals surface area contributed by atoms with Crippen LogP contribution in [0, 0.1) is 5.82 Å². The maximum absolute atomic E-state index is 13.7. The van der Waals surface area contributed by atoms with Crippen molar-refractivity contribution in [2.45, 2.75) is 63.1 Å². The van der Waals surface area contributed by atoms with Crippen LogP contribution in [0.5, 0.6) is 0 Å². The van der Waals surface area contributed by atoms with Crippen LogP contribution >= 0.6 is 0 Å². The molecule has 9 heteroatoms. The summed E-state index contributed by atoms with van der Waals surface area (Å²) < 4.78 is 24.6. The lowest BCUT2D eigenvalue weighted by molar-refractivity contribution is -0.142. The van der Waals surface area contributed by atoms with E-state index in [1.54, 1.807) is 6.07 Å². The number of carbonyl (C=O) groups excluding carboxylic acids is 3. The highest BCUT2D eigenvalue weighted by Crippen LogP contribution is 2.26. The average Bonchev–Trinajstić information content (AvgIpc) is 3.58. The molecule has 1 saturated carbocycles. The number of furan rings is 1. The number of nitrogens with one attached hydrogen (secondary N) is 2. The van der Waals surface area contributed by atoms with Crippen LogP contribution in [0.3, 0.4) is 0 Å². The fraction of sp³-hybridized carbons (Fsp3) is 0.500. The highest BCUT2D eigenvalue weighted by atomic mass is 19.1. The minimum absolute atomic E-state index is 0.0394. The van der Waals surface area contributed by atoms with Crippen LogP contribution in [0.4, 0.5) is 4.39 Å². The highest BCUT2D eigenvalue weighted by molar-refractivity contribution is 5.95. The lowest BCUT2D eigenvalue weighted by atomic mass is 9.94. The Hall–Kier alpha value is -3.20. The molecule has 1 aromatic heterocycles. The minimum Gasteiger partial charge on any atom is -0.459 e. The van der Waals surface area contributed by atoms with Crippen molar-refractivity contribution in [3.63, 3.8) is 0 Å². The van der Waals surface area contributed by atoms with Gasteiger partial charge in [-0.3, -0.25) is 14.4 Å². The van der Waals surface area contributed by atoms with Crippen molar-refractivity contribution in [2.24, 2.45) is 0 Å². The summed E-state index contributed by atoms with van der Waals surface area (Å²) in [5.41, 5.74) is 0.503. The number of halogens is 1. The number of rotatable bonds is 9. The Kier molecular flexibility index (Phi) is 8.52. The monoisotopic (exact) mass is 485 g/mol. The molecule has 0 spiro atoms. The van der Waals surface area contributed by atoms with E-state index in [2.05, 4.69) is 10.6 Å². The molecule has 1 aliphatic heterocycles. The zero-order valence-corrected chi connectivity index (χ0v) is 19.7. The largest absolute Gasteiger partial charge is 0.459 e. The molecule has 1 aromatic carbocycles. The van der Waals surface area contributed by atoms with E-state index in [4.69, 9.17) is 9.15 Å². The van der Waals surface area contributed by atoms with Gasteiger partial charge in [-0.05, 0) is 55.5 Å². The van der Waals surface area contributed by atoms with E-state index >= 15 is 0 Å². The van der Waals surface area contributed by atoms with Crippen LogP contribution in [0.1, 0.15) is 67.1 Å². The van der Waals surface area contributed by atoms with Gasteiger partial charge in [0.2, 0.25) is 11.8 Å². The molecule has 188 valence electrons. The van der Waals surface area contributed by atoms with Gasteiger partial charge in [-0.2, -0.15) is 0 Å². The van der Waals surface area contributed by atoms with E-state index in [1.807, 2.05) is 0 Å². The van der Waals surface area contributed by atoms with Crippen molar-refractivity contribution >= 4 is 17.7 Å². The quantitative estimate of drug-likeness (QED) is 0.567. The van der Waals surface area contributed by atoms with E-state index < -0.39 is 23.7 Å². The molecule has 2 N–H and O–H groups in total. The second-order valence-corrected chi connectivity index (χ2v) is 9.14. The summed E-state index contributed by atoms with van der Waals surface area (Å²) in [4.78, 5) is 40.8. The molecule has 2 fully saturated rings. The molecule has 2 aliphatic rings. The van der Waals surface area contributed by atoms with Crippen LogP contribution in [-0.2, 0) is 14.3 Å². The summed E-state index contributed by atoms with van der Waals surface area (Å²) in [5.74, 6) is -1.61. The third-order valence-electron chi connectivity index (χ3n) is 6.59. The molecule has 1 aliphatic carbocycles. The lowest BCUT2D eigenvalue weighted by Crippen LogP contribution is -2.51. The maximum Gasteiger partial charge on any atom is 0.287 e. The summed E-state index contributed by atoms with van der Waals surface area (Å²) in [5, 5.41) is 5.68. The van der Waals surface area contributed by atoms with Gasteiger partial charge in [-0.25, -0.2) is 4.39 Å². The number of carbonyl (C=O) groups is 3. The molecule has 0 radical (unpaired) electrons. The third kappa shape index (κ3) is 6.69. The Morgan fingerprint density at radius 1 is 1.03 bits per heavy atom. The van der Waals surface area contributed by atoms with Crippen molar-refractivity contribution in [1.82, 2.24) is 15.5 Å². The van der Waals surface area contributed by atoms with Crippen LogP contribution in [0.2, 0.25) is 0 Å². The van der Waals surface area contributed by atoms with Crippen LogP contribution < -0.4 is 10.6 Å². The number of nitrogens with zero attached hydrogens (tertiary/aromatic N) is 1. The van der Waals surface area contributed by atoms with Crippen LogP contribution in [0.25, 0.3) is 0 Å². The van der Waals surface area contributed by atoms with Crippen molar-refractivity contribution < 1.29 is 27.9 Å². The van der Waals surface area contributed by atoms with Gasteiger partial charge in [0.05, 0.1) is 18.9 Å². The topological polar surface area (TPSA) is 101 Å². The lowest BCUT2D eigenvalue weighted by Gasteiger charge is -2.34. The molecular weight excluding hydrogens is 453 g/mol. The number of hydrogen-bond acceptors (Lipinski definition) is 5. The molecule has 2 aromatic rings. The first-order valence-electron chi connectivity index (χ1n) is 12.3. The van der Waals surface area contributed by atoms with Crippen LogP contribution in [-0.4, -0.2) is 54.5 Å². The standard InChI is InChI=1S/C26H32FN3O5/c27-19-12-10-18(11-13-19)24(26(33)29-20-6-2-1-3-7-20)30(17-21-8-4-14-34-21)23(31)16-28-25(32)22-9-5-15-35-22/h5,9-13,15,20-21,24H,1-4,6-8,14,16-17H2,(H,28,32)(H,29,33)/t21-,24+/m1/s1. The maximum atomic E-state index is 13.7. The molecule has 4 rings (SSSR count). The molecule has 0 unspecified atom stereocenters. The summed E-state index contributed by atoms with van der Waals surface area (Å²) in [6.07, 6.45) is 7.81. The van der Waals surface area contributed by atoms with Crippen molar-refractivity contribution in [3.05, 3.63) is 59.8 Å². The van der Waals surface area contributed by atoms with E-state index in [0.29, 0.717) is 12.2 Å². The fourth-order valence-electron chi connectivity index (χ4n) is 4.76. The first kappa shape index (κ1) is 24.9. The van der Waals surface area contributed by atoms with E-state index in [0.717, 1.165) is 44.9 Å². The summed E-state index contributed by atoms with van der Waals surface area (Å²) in [6.45, 7) is 0.466. The Labute approximate surface area is 204 Å². The zero-order valence-electron chi connectivity index (χ0n) is 19.7. The van der Waals surface area contributed by atoms with Gasteiger partial charge in [0.15, 0.2) is 5.76 Å². The van der Waals surface area contributed by atoms with Gasteiger partial charge in [0.25, 0.3) is 5.91 Å². The first-order chi connectivity index (χ1) is 17.0. The Balaban J connectivity index is 1.57. The van der Waals surface area contributed by atoms with Crippen molar-refractivity contribution in [1.29, 1.82) is 0 Å². The average molecular weight is 486 g/mol. The number of ether oxygens (including phenoxy) is 1. The fourth-order valence-corrected chi connectivity index (χ4v) is 4.76. The van der Waals surface area contributed by atoms with Gasteiger partial charge in [0, 0.05) is 19.2 Å². The smallest absolute Gasteiger partial charge is 0.287 e. The molecule has 8 nitrogen and oxygen atoms in total. The van der Waals surface area contributed by atoms with Gasteiger partial charge >= 0.3 is 0 Å². The van der Waals surface area contributed by atoms with Gasteiger partial charge in [-0.15, -0.1) is 0 Å². The van der Waals surface area contributed by atoms with Gasteiger partial charge < -0.3 is 24.7 Å². The molecule has 1 saturated heterocycles. The van der Waals surface area contributed by atoms with Crippen LogP contribution in [0.15, 0.2) is 47.1 Å². The molecule has 2 atom stereocenters. The number of hydrogen-bond donors (Lipinski definition) is 2. The molecule has 0 bridgehead atoms. The molecular formula is C26H32FN3O5. The first-order valence-corrected chi connectivity index (χ1v) is 12.3. The number of benzene rings is 1. The molecule has 3 amide bonds. The van der Waals surface area contributed by atoms with E-state index in [9.17, 15) is 18.8 Å².